The van der Waals surface area contributed by atoms with Crippen molar-refractivity contribution >= 4 is 38.8 Å². The number of halogens is 1. The van der Waals surface area contributed by atoms with Gasteiger partial charge in [0.1, 0.15) is 11.3 Å². The topological polar surface area (TPSA) is 60.2 Å². The number of nitrogens with zero attached hydrogens (tertiary/aromatic N) is 4. The third-order valence-corrected chi connectivity index (χ3v) is 5.17. The summed E-state index contributed by atoms with van der Waals surface area (Å²) in [6.07, 6.45) is 1.61. The molecule has 3 heterocycles. The van der Waals surface area contributed by atoms with Crippen molar-refractivity contribution in [1.29, 1.82) is 0 Å². The first-order valence-electron chi connectivity index (χ1n) is 8.86. The molecular formula is C21H15BrN4O2. The molecular weight excluding hydrogens is 420 g/mol. The van der Waals surface area contributed by atoms with Gasteiger partial charge in [-0.2, -0.15) is 0 Å². The highest BCUT2D eigenvalue weighted by Gasteiger charge is 2.31. The van der Waals surface area contributed by atoms with E-state index in [0.29, 0.717) is 30.4 Å². The lowest BCUT2D eigenvalue weighted by Gasteiger charge is -2.16. The SMILES string of the molecule is O=C(c1cccnc1Oc1cccc(Br)c1)N1CCn2c1nc1ccccc12. The highest BCUT2D eigenvalue weighted by atomic mass is 79.9. The van der Waals surface area contributed by atoms with Crippen molar-refractivity contribution in [3.05, 3.63) is 76.9 Å². The first-order chi connectivity index (χ1) is 13.7. The predicted octanol–water partition coefficient (Wildman–Crippen LogP) is 4.65. The lowest BCUT2D eigenvalue weighted by atomic mass is 10.2. The molecule has 0 N–H and O–H groups in total. The molecule has 5 rings (SSSR count). The highest BCUT2D eigenvalue weighted by Crippen LogP contribution is 2.31. The normalized spacial score (nSPS) is 13.0. The Labute approximate surface area is 169 Å². The average molecular weight is 435 g/mol. The van der Waals surface area contributed by atoms with Crippen LogP contribution >= 0.6 is 15.9 Å². The number of carbonyl (C=O) groups is 1. The van der Waals surface area contributed by atoms with Crippen LogP contribution in [0.5, 0.6) is 11.6 Å². The Morgan fingerprint density at radius 3 is 2.82 bits per heavy atom. The van der Waals surface area contributed by atoms with Crippen molar-refractivity contribution in [2.75, 3.05) is 11.4 Å². The maximum atomic E-state index is 13.3. The summed E-state index contributed by atoms with van der Waals surface area (Å²) in [5.74, 6) is 1.37. The molecule has 6 nitrogen and oxygen atoms in total. The number of ether oxygens (including phenoxy) is 1. The Hall–Kier alpha value is -3.19. The smallest absolute Gasteiger partial charge is 0.266 e. The number of para-hydroxylation sites is 2. The molecule has 7 heteroatoms. The minimum Gasteiger partial charge on any atom is -0.438 e. The van der Waals surface area contributed by atoms with Crippen LogP contribution in [0.4, 0.5) is 5.95 Å². The summed E-state index contributed by atoms with van der Waals surface area (Å²) in [6, 6.07) is 18.8. The summed E-state index contributed by atoms with van der Waals surface area (Å²) in [5.41, 5.74) is 2.32. The number of hydrogen-bond donors (Lipinski definition) is 0. The molecule has 138 valence electrons. The van der Waals surface area contributed by atoms with E-state index in [1.165, 1.54) is 0 Å². The van der Waals surface area contributed by atoms with Crippen LogP contribution in [-0.4, -0.2) is 27.0 Å². The minimum atomic E-state index is -0.174. The van der Waals surface area contributed by atoms with Gasteiger partial charge in [0.05, 0.1) is 11.0 Å². The van der Waals surface area contributed by atoms with Gasteiger partial charge in [-0.1, -0.05) is 34.1 Å². The highest BCUT2D eigenvalue weighted by molar-refractivity contribution is 9.10. The summed E-state index contributed by atoms with van der Waals surface area (Å²) >= 11 is 3.42. The summed E-state index contributed by atoms with van der Waals surface area (Å²) in [5, 5.41) is 0. The van der Waals surface area contributed by atoms with Crippen molar-refractivity contribution in [3.63, 3.8) is 0 Å². The fraction of sp³-hybridized carbons (Fsp3) is 0.0952. The lowest BCUT2D eigenvalue weighted by molar-refractivity contribution is 0.0986. The Bertz CT molecular complexity index is 1200. The van der Waals surface area contributed by atoms with E-state index in [9.17, 15) is 4.79 Å². The second kappa shape index (κ2) is 6.76. The number of fused-ring (bicyclic) bond motifs is 3. The monoisotopic (exact) mass is 434 g/mol. The van der Waals surface area contributed by atoms with Crippen molar-refractivity contribution in [3.8, 4) is 11.6 Å². The van der Waals surface area contributed by atoms with Crippen LogP contribution in [0.1, 0.15) is 10.4 Å². The number of benzene rings is 2. The van der Waals surface area contributed by atoms with Crippen LogP contribution in [-0.2, 0) is 6.54 Å². The molecule has 28 heavy (non-hydrogen) atoms. The van der Waals surface area contributed by atoms with E-state index in [-0.39, 0.29) is 11.8 Å². The number of carbonyl (C=O) groups excluding carboxylic acids is 1. The van der Waals surface area contributed by atoms with E-state index in [1.54, 1.807) is 23.2 Å². The molecule has 0 fully saturated rings. The zero-order chi connectivity index (χ0) is 19.1. The van der Waals surface area contributed by atoms with Gasteiger partial charge in [0.25, 0.3) is 5.91 Å². The third-order valence-electron chi connectivity index (χ3n) is 4.68. The molecule has 1 aliphatic heterocycles. The number of amides is 1. The van der Waals surface area contributed by atoms with E-state index >= 15 is 0 Å². The van der Waals surface area contributed by atoms with Gasteiger partial charge in [-0.05, 0) is 42.5 Å². The van der Waals surface area contributed by atoms with Crippen LogP contribution in [0.3, 0.4) is 0 Å². The van der Waals surface area contributed by atoms with Crippen LogP contribution in [0.25, 0.3) is 11.0 Å². The minimum absolute atomic E-state index is 0.174. The van der Waals surface area contributed by atoms with E-state index in [4.69, 9.17) is 4.74 Å². The maximum Gasteiger partial charge on any atom is 0.266 e. The van der Waals surface area contributed by atoms with Gasteiger partial charge in [-0.15, -0.1) is 0 Å². The van der Waals surface area contributed by atoms with Gasteiger partial charge in [-0.25, -0.2) is 9.97 Å². The molecule has 0 unspecified atom stereocenters. The second-order valence-corrected chi connectivity index (χ2v) is 7.34. The molecule has 0 saturated heterocycles. The molecule has 1 aliphatic rings. The fourth-order valence-corrected chi connectivity index (χ4v) is 3.78. The molecule has 0 radical (unpaired) electrons. The van der Waals surface area contributed by atoms with Gasteiger partial charge in [-0.3, -0.25) is 9.69 Å². The summed E-state index contributed by atoms with van der Waals surface area (Å²) in [7, 11) is 0. The Kier molecular flexibility index (Phi) is 4.09. The lowest BCUT2D eigenvalue weighted by Crippen LogP contribution is -2.29. The number of hydrogen-bond acceptors (Lipinski definition) is 4. The molecule has 0 bridgehead atoms. The number of rotatable bonds is 3. The summed E-state index contributed by atoms with van der Waals surface area (Å²) < 4.78 is 8.86. The molecule has 2 aromatic heterocycles. The first-order valence-corrected chi connectivity index (χ1v) is 9.65. The Morgan fingerprint density at radius 2 is 1.93 bits per heavy atom. The molecule has 2 aromatic carbocycles. The van der Waals surface area contributed by atoms with Gasteiger partial charge in [0.15, 0.2) is 0 Å². The van der Waals surface area contributed by atoms with E-state index < -0.39 is 0 Å². The van der Waals surface area contributed by atoms with Gasteiger partial charge in [0, 0.05) is 23.8 Å². The third kappa shape index (κ3) is 2.84. The number of anilines is 1. The predicted molar refractivity (Wildman–Crippen MR) is 110 cm³/mol. The molecule has 1 amide bonds. The maximum absolute atomic E-state index is 13.3. The summed E-state index contributed by atoms with van der Waals surface area (Å²) in [6.45, 7) is 1.28. The van der Waals surface area contributed by atoms with Crippen LogP contribution in [0, 0.1) is 0 Å². The van der Waals surface area contributed by atoms with Gasteiger partial charge in [0.2, 0.25) is 11.8 Å². The average Bonchev–Trinajstić information content (AvgIpc) is 3.27. The number of imidazole rings is 1. The number of aromatic nitrogens is 3. The molecule has 0 atom stereocenters. The van der Waals surface area contributed by atoms with E-state index in [1.807, 2.05) is 48.5 Å². The molecule has 0 saturated carbocycles. The van der Waals surface area contributed by atoms with Crippen LogP contribution in [0.15, 0.2) is 71.3 Å². The first kappa shape index (κ1) is 16.9. The van der Waals surface area contributed by atoms with Gasteiger partial charge < -0.3 is 9.30 Å². The van der Waals surface area contributed by atoms with Crippen molar-refractivity contribution in [2.45, 2.75) is 6.54 Å². The van der Waals surface area contributed by atoms with E-state index in [0.717, 1.165) is 15.5 Å². The number of pyridine rings is 1. The zero-order valence-electron chi connectivity index (χ0n) is 14.7. The summed E-state index contributed by atoms with van der Waals surface area (Å²) in [4.78, 5) is 23.9. The van der Waals surface area contributed by atoms with Crippen LogP contribution < -0.4 is 9.64 Å². The van der Waals surface area contributed by atoms with Crippen molar-refractivity contribution in [1.82, 2.24) is 14.5 Å². The molecule has 0 aliphatic carbocycles. The van der Waals surface area contributed by atoms with E-state index in [2.05, 4.69) is 30.5 Å². The van der Waals surface area contributed by atoms with Crippen molar-refractivity contribution < 1.29 is 9.53 Å². The largest absolute Gasteiger partial charge is 0.438 e. The Morgan fingerprint density at radius 1 is 1.04 bits per heavy atom. The standard InChI is InChI=1S/C21H15BrN4O2/c22-14-5-3-6-15(13-14)28-19-16(7-4-10-23-19)20(27)26-12-11-25-18-9-2-1-8-17(18)24-21(25)26/h1-10,13H,11-12H2. The van der Waals surface area contributed by atoms with Gasteiger partial charge >= 0.3 is 0 Å². The molecule has 4 aromatic rings. The fourth-order valence-electron chi connectivity index (χ4n) is 3.40. The van der Waals surface area contributed by atoms with Crippen molar-refractivity contribution in [2.24, 2.45) is 0 Å². The van der Waals surface area contributed by atoms with Crippen LogP contribution in [0.2, 0.25) is 0 Å². The quantitative estimate of drug-likeness (QED) is 0.470. The molecule has 0 spiro atoms. The zero-order valence-corrected chi connectivity index (χ0v) is 16.3. The Balaban J connectivity index is 1.51. The second-order valence-electron chi connectivity index (χ2n) is 6.42.